The average molecular weight is 228 g/mol. The van der Waals surface area contributed by atoms with Crippen molar-refractivity contribution in [2.24, 2.45) is 5.92 Å². The molecule has 0 aromatic heterocycles. The van der Waals surface area contributed by atoms with Crippen molar-refractivity contribution in [1.82, 2.24) is 0 Å². The first-order chi connectivity index (χ1) is 8.34. The summed E-state index contributed by atoms with van der Waals surface area (Å²) in [5.41, 5.74) is 1.22. The lowest BCUT2D eigenvalue weighted by Gasteiger charge is -2.35. The minimum atomic E-state index is -0.383. The van der Waals surface area contributed by atoms with Crippen LogP contribution in [-0.4, -0.2) is 11.2 Å². The summed E-state index contributed by atoms with van der Waals surface area (Å²) in [5.74, 6) is 1.08. The van der Waals surface area contributed by atoms with Gasteiger partial charge in [-0.25, -0.2) is 0 Å². The molecule has 0 spiro atoms. The summed E-state index contributed by atoms with van der Waals surface area (Å²) in [4.78, 5) is 0. The Morgan fingerprint density at radius 2 is 1.94 bits per heavy atom. The zero-order valence-electron chi connectivity index (χ0n) is 9.62. The quantitative estimate of drug-likeness (QED) is 0.800. The van der Waals surface area contributed by atoms with Gasteiger partial charge in [-0.1, -0.05) is 42.5 Å². The lowest BCUT2D eigenvalue weighted by molar-refractivity contribution is 0.00933. The van der Waals surface area contributed by atoms with Crippen LogP contribution in [0.25, 0.3) is 0 Å². The van der Waals surface area contributed by atoms with Gasteiger partial charge in [-0.15, -0.1) is 0 Å². The standard InChI is InChI=1S/C15H16O2/c16-13-7-4-8-15-12(13)9-10-14(17-15)11-5-2-1-3-6-11/h1-8,12-14,16H,9-10H2. The maximum atomic E-state index is 9.85. The predicted octanol–water partition coefficient (Wildman–Crippen LogP) is 2.97. The van der Waals surface area contributed by atoms with Crippen LogP contribution in [0.2, 0.25) is 0 Å². The first-order valence-corrected chi connectivity index (χ1v) is 6.12. The van der Waals surface area contributed by atoms with Gasteiger partial charge in [-0.2, -0.15) is 0 Å². The van der Waals surface area contributed by atoms with Gasteiger partial charge in [-0.3, -0.25) is 0 Å². The van der Waals surface area contributed by atoms with Gasteiger partial charge < -0.3 is 9.84 Å². The van der Waals surface area contributed by atoms with E-state index < -0.39 is 0 Å². The molecule has 1 aliphatic carbocycles. The summed E-state index contributed by atoms with van der Waals surface area (Å²) in [5, 5.41) is 9.85. The van der Waals surface area contributed by atoms with E-state index in [0.29, 0.717) is 0 Å². The molecule has 1 fully saturated rings. The Bertz CT molecular complexity index is 447. The fourth-order valence-electron chi connectivity index (χ4n) is 2.59. The number of ether oxygens (including phenoxy) is 1. The Morgan fingerprint density at radius 1 is 1.12 bits per heavy atom. The molecule has 0 amide bonds. The summed E-state index contributed by atoms with van der Waals surface area (Å²) in [6.45, 7) is 0. The molecule has 2 nitrogen and oxygen atoms in total. The van der Waals surface area contributed by atoms with Crippen LogP contribution in [0.1, 0.15) is 24.5 Å². The summed E-state index contributed by atoms with van der Waals surface area (Å²) in [6.07, 6.45) is 7.40. The number of fused-ring (bicyclic) bond motifs is 1. The number of aliphatic hydroxyl groups is 1. The number of hydrogen-bond donors (Lipinski definition) is 1. The smallest absolute Gasteiger partial charge is 0.123 e. The Morgan fingerprint density at radius 3 is 2.76 bits per heavy atom. The van der Waals surface area contributed by atoms with Gasteiger partial charge in [0.2, 0.25) is 0 Å². The molecular formula is C15H16O2. The molecule has 0 saturated carbocycles. The molecule has 1 N–H and O–H groups in total. The highest BCUT2D eigenvalue weighted by molar-refractivity contribution is 5.24. The van der Waals surface area contributed by atoms with E-state index in [9.17, 15) is 5.11 Å². The van der Waals surface area contributed by atoms with Gasteiger partial charge in [0.05, 0.1) is 6.10 Å². The SMILES string of the molecule is OC1C=CC=C2OC(c3ccccc3)CCC21. The lowest BCUT2D eigenvalue weighted by Crippen LogP contribution is -2.29. The molecule has 88 valence electrons. The average Bonchev–Trinajstić information content (AvgIpc) is 2.40. The fraction of sp³-hybridized carbons (Fsp3) is 0.333. The second-order valence-electron chi connectivity index (χ2n) is 4.65. The van der Waals surface area contributed by atoms with Crippen LogP contribution in [-0.2, 0) is 4.74 Å². The zero-order valence-corrected chi connectivity index (χ0v) is 9.62. The first-order valence-electron chi connectivity index (χ1n) is 6.12. The van der Waals surface area contributed by atoms with Crippen molar-refractivity contribution in [2.75, 3.05) is 0 Å². The van der Waals surface area contributed by atoms with Crippen LogP contribution in [0.15, 0.2) is 54.3 Å². The Hall–Kier alpha value is -1.54. The van der Waals surface area contributed by atoms with Crippen molar-refractivity contribution in [2.45, 2.75) is 25.0 Å². The number of benzene rings is 1. The van der Waals surface area contributed by atoms with Crippen LogP contribution in [0.5, 0.6) is 0 Å². The van der Waals surface area contributed by atoms with Crippen molar-refractivity contribution in [3.63, 3.8) is 0 Å². The Labute approximate surface area is 101 Å². The highest BCUT2D eigenvalue weighted by Crippen LogP contribution is 2.39. The monoisotopic (exact) mass is 228 g/mol. The van der Waals surface area contributed by atoms with E-state index >= 15 is 0 Å². The zero-order chi connectivity index (χ0) is 11.7. The third-order valence-corrected chi connectivity index (χ3v) is 3.54. The summed E-state index contributed by atoms with van der Waals surface area (Å²) < 4.78 is 6.00. The highest BCUT2D eigenvalue weighted by atomic mass is 16.5. The second kappa shape index (κ2) is 4.38. The Balaban J connectivity index is 1.81. The molecule has 17 heavy (non-hydrogen) atoms. The molecule has 2 aliphatic rings. The molecule has 1 aromatic rings. The van der Waals surface area contributed by atoms with Crippen LogP contribution in [0.3, 0.4) is 0 Å². The van der Waals surface area contributed by atoms with Gasteiger partial charge >= 0.3 is 0 Å². The molecule has 3 atom stereocenters. The van der Waals surface area contributed by atoms with Gasteiger partial charge in [0.25, 0.3) is 0 Å². The number of allylic oxidation sites excluding steroid dienone is 2. The van der Waals surface area contributed by atoms with Crippen molar-refractivity contribution >= 4 is 0 Å². The van der Waals surface area contributed by atoms with Gasteiger partial charge in [0, 0.05) is 5.92 Å². The maximum Gasteiger partial charge on any atom is 0.123 e. The van der Waals surface area contributed by atoms with Crippen LogP contribution >= 0.6 is 0 Å². The molecule has 2 heteroatoms. The summed E-state index contributed by atoms with van der Waals surface area (Å²) in [7, 11) is 0. The van der Waals surface area contributed by atoms with E-state index in [-0.39, 0.29) is 18.1 Å². The molecule has 1 aromatic carbocycles. The Kier molecular flexibility index (Phi) is 2.73. The molecule has 1 heterocycles. The lowest BCUT2D eigenvalue weighted by atomic mass is 9.86. The molecular weight excluding hydrogens is 212 g/mol. The normalized spacial score (nSPS) is 31.4. The molecule has 3 unspecified atom stereocenters. The predicted molar refractivity (Wildman–Crippen MR) is 66.2 cm³/mol. The number of hydrogen-bond acceptors (Lipinski definition) is 2. The summed E-state index contributed by atoms with van der Waals surface area (Å²) in [6, 6.07) is 10.3. The fourth-order valence-corrected chi connectivity index (χ4v) is 2.59. The largest absolute Gasteiger partial charge is 0.490 e. The minimum absolute atomic E-state index is 0.136. The third kappa shape index (κ3) is 2.01. The number of rotatable bonds is 1. The van der Waals surface area contributed by atoms with E-state index in [1.165, 1.54) is 5.56 Å². The van der Waals surface area contributed by atoms with Crippen molar-refractivity contribution < 1.29 is 9.84 Å². The molecule has 0 radical (unpaired) electrons. The topological polar surface area (TPSA) is 29.5 Å². The van der Waals surface area contributed by atoms with Gasteiger partial charge in [-0.05, 0) is 24.5 Å². The maximum absolute atomic E-state index is 9.85. The van der Waals surface area contributed by atoms with Gasteiger partial charge in [0.1, 0.15) is 11.9 Å². The van der Waals surface area contributed by atoms with Crippen LogP contribution in [0, 0.1) is 5.92 Å². The van der Waals surface area contributed by atoms with Crippen LogP contribution < -0.4 is 0 Å². The third-order valence-electron chi connectivity index (χ3n) is 3.54. The molecule has 1 aliphatic heterocycles. The summed E-state index contributed by atoms with van der Waals surface area (Å²) >= 11 is 0. The molecule has 1 saturated heterocycles. The van der Waals surface area contributed by atoms with Gasteiger partial charge in [0.15, 0.2) is 0 Å². The van der Waals surface area contributed by atoms with Crippen molar-refractivity contribution in [3.8, 4) is 0 Å². The van der Waals surface area contributed by atoms with E-state index in [1.54, 1.807) is 0 Å². The van der Waals surface area contributed by atoms with Crippen molar-refractivity contribution in [3.05, 3.63) is 59.9 Å². The van der Waals surface area contributed by atoms with Crippen molar-refractivity contribution in [1.29, 1.82) is 0 Å². The van der Waals surface area contributed by atoms with E-state index in [2.05, 4.69) is 12.1 Å². The molecule has 3 rings (SSSR count). The number of aliphatic hydroxyl groups excluding tert-OH is 1. The van der Waals surface area contributed by atoms with E-state index in [1.807, 2.05) is 36.4 Å². The van der Waals surface area contributed by atoms with Crippen LogP contribution in [0.4, 0.5) is 0 Å². The minimum Gasteiger partial charge on any atom is -0.490 e. The second-order valence-corrected chi connectivity index (χ2v) is 4.65. The highest BCUT2D eigenvalue weighted by Gasteiger charge is 2.32. The molecule has 0 bridgehead atoms. The first kappa shape index (κ1) is 10.6. The van der Waals surface area contributed by atoms with E-state index in [0.717, 1.165) is 18.6 Å². The van der Waals surface area contributed by atoms with E-state index in [4.69, 9.17) is 4.74 Å².